The molecule has 2 heterocycles. The van der Waals surface area contributed by atoms with Crippen LogP contribution in [0.15, 0.2) is 18.3 Å². The summed E-state index contributed by atoms with van der Waals surface area (Å²) in [6, 6.07) is 4.03. The molecular weight excluding hydrogens is 202 g/mol. The van der Waals surface area contributed by atoms with Crippen LogP contribution in [-0.2, 0) is 10.2 Å². The summed E-state index contributed by atoms with van der Waals surface area (Å²) in [4.78, 5) is 14.9. The molecule has 1 fully saturated rings. The van der Waals surface area contributed by atoms with Crippen molar-refractivity contribution in [2.75, 3.05) is 19.6 Å². The molecular formula is C12H19N3O. The van der Waals surface area contributed by atoms with Crippen LogP contribution in [0.5, 0.6) is 0 Å². The normalized spacial score (nSPS) is 16.9. The number of rotatable bonds is 4. The monoisotopic (exact) mass is 221 g/mol. The number of carbonyl (C=O) groups excluding carboxylic acids is 1. The predicted octanol–water partition coefficient (Wildman–Crippen LogP) is 0.628. The van der Waals surface area contributed by atoms with Crippen molar-refractivity contribution in [3.8, 4) is 0 Å². The summed E-state index contributed by atoms with van der Waals surface area (Å²) >= 11 is 0. The predicted molar refractivity (Wildman–Crippen MR) is 63.2 cm³/mol. The number of aromatic nitrogens is 1. The second kappa shape index (κ2) is 4.29. The standard InChI is InChI=1S/C12H19N3O/c1-12(2,10-4-3-5-14-10)8-15-11(16)9-6-13-7-9/h3-5,9,13-14H,6-8H2,1-2H3,(H,15,16). The highest BCUT2D eigenvalue weighted by Gasteiger charge is 2.27. The summed E-state index contributed by atoms with van der Waals surface area (Å²) in [5.41, 5.74) is 1.11. The van der Waals surface area contributed by atoms with E-state index < -0.39 is 0 Å². The van der Waals surface area contributed by atoms with Gasteiger partial charge in [0.2, 0.25) is 5.91 Å². The molecule has 0 saturated carbocycles. The first-order valence-electron chi connectivity index (χ1n) is 5.72. The first kappa shape index (κ1) is 11.2. The maximum atomic E-state index is 11.7. The number of nitrogens with one attached hydrogen (secondary N) is 3. The van der Waals surface area contributed by atoms with E-state index in [2.05, 4.69) is 35.5 Å². The lowest BCUT2D eigenvalue weighted by Crippen LogP contribution is -2.52. The SMILES string of the molecule is CC(C)(CNC(=O)C1CNC1)c1ccc[nH]1. The van der Waals surface area contributed by atoms with Crippen LogP contribution in [0.1, 0.15) is 19.5 Å². The largest absolute Gasteiger partial charge is 0.364 e. The molecule has 1 aromatic rings. The molecule has 1 aliphatic rings. The van der Waals surface area contributed by atoms with Crippen LogP contribution in [0, 0.1) is 5.92 Å². The summed E-state index contributed by atoms with van der Waals surface area (Å²) in [5, 5.41) is 6.11. The smallest absolute Gasteiger partial charge is 0.225 e. The maximum Gasteiger partial charge on any atom is 0.225 e. The third kappa shape index (κ3) is 2.27. The van der Waals surface area contributed by atoms with E-state index in [1.54, 1.807) is 0 Å². The highest BCUT2D eigenvalue weighted by Crippen LogP contribution is 2.20. The van der Waals surface area contributed by atoms with Gasteiger partial charge in [0, 0.05) is 36.9 Å². The molecule has 3 N–H and O–H groups in total. The Morgan fingerprint density at radius 1 is 1.56 bits per heavy atom. The molecule has 0 atom stereocenters. The number of H-pyrrole nitrogens is 1. The van der Waals surface area contributed by atoms with Gasteiger partial charge in [0.15, 0.2) is 0 Å². The molecule has 1 saturated heterocycles. The zero-order valence-corrected chi connectivity index (χ0v) is 9.84. The Bertz CT molecular complexity index is 352. The molecule has 0 radical (unpaired) electrons. The summed E-state index contributed by atoms with van der Waals surface area (Å²) in [7, 11) is 0. The van der Waals surface area contributed by atoms with Crippen LogP contribution in [0.25, 0.3) is 0 Å². The van der Waals surface area contributed by atoms with Crippen LogP contribution in [0.2, 0.25) is 0 Å². The van der Waals surface area contributed by atoms with Gasteiger partial charge in [-0.25, -0.2) is 0 Å². The third-order valence-electron chi connectivity index (χ3n) is 3.18. The van der Waals surface area contributed by atoms with Crippen LogP contribution in [0.3, 0.4) is 0 Å². The lowest BCUT2D eigenvalue weighted by atomic mass is 9.89. The molecule has 88 valence electrons. The van der Waals surface area contributed by atoms with Gasteiger partial charge in [-0.3, -0.25) is 4.79 Å². The Kier molecular flexibility index (Phi) is 3.01. The van der Waals surface area contributed by atoms with Gasteiger partial charge in [0.25, 0.3) is 0 Å². The molecule has 1 aromatic heterocycles. The summed E-state index contributed by atoms with van der Waals surface area (Å²) < 4.78 is 0. The zero-order valence-electron chi connectivity index (χ0n) is 9.84. The Balaban J connectivity index is 1.86. The Morgan fingerprint density at radius 3 is 2.81 bits per heavy atom. The van der Waals surface area contributed by atoms with Crippen molar-refractivity contribution >= 4 is 5.91 Å². The van der Waals surface area contributed by atoms with Gasteiger partial charge >= 0.3 is 0 Å². The number of hydrogen-bond donors (Lipinski definition) is 3. The van der Waals surface area contributed by atoms with E-state index in [0.717, 1.165) is 18.8 Å². The van der Waals surface area contributed by atoms with Crippen molar-refractivity contribution in [2.24, 2.45) is 5.92 Å². The van der Waals surface area contributed by atoms with Gasteiger partial charge in [-0.1, -0.05) is 13.8 Å². The molecule has 0 aromatic carbocycles. The third-order valence-corrected chi connectivity index (χ3v) is 3.18. The number of hydrogen-bond acceptors (Lipinski definition) is 2. The van der Waals surface area contributed by atoms with Crippen molar-refractivity contribution in [3.05, 3.63) is 24.0 Å². The van der Waals surface area contributed by atoms with Gasteiger partial charge in [0.05, 0.1) is 5.92 Å². The van der Waals surface area contributed by atoms with E-state index >= 15 is 0 Å². The minimum atomic E-state index is -0.0453. The Morgan fingerprint density at radius 2 is 2.31 bits per heavy atom. The molecule has 0 unspecified atom stereocenters. The molecule has 4 heteroatoms. The molecule has 0 bridgehead atoms. The van der Waals surface area contributed by atoms with Crippen molar-refractivity contribution in [1.82, 2.24) is 15.6 Å². The topological polar surface area (TPSA) is 56.9 Å². The molecule has 0 spiro atoms. The van der Waals surface area contributed by atoms with E-state index in [-0.39, 0.29) is 17.2 Å². The van der Waals surface area contributed by atoms with E-state index in [0.29, 0.717) is 6.54 Å². The van der Waals surface area contributed by atoms with Gasteiger partial charge in [0.1, 0.15) is 0 Å². The molecule has 4 nitrogen and oxygen atoms in total. The zero-order chi connectivity index (χ0) is 11.6. The molecule has 0 aliphatic carbocycles. The Hall–Kier alpha value is -1.29. The van der Waals surface area contributed by atoms with Crippen LogP contribution >= 0.6 is 0 Å². The van der Waals surface area contributed by atoms with Crippen LogP contribution < -0.4 is 10.6 Å². The van der Waals surface area contributed by atoms with E-state index in [4.69, 9.17) is 0 Å². The minimum absolute atomic E-state index is 0.0453. The van der Waals surface area contributed by atoms with Crippen molar-refractivity contribution in [2.45, 2.75) is 19.3 Å². The molecule has 2 rings (SSSR count). The minimum Gasteiger partial charge on any atom is -0.364 e. The van der Waals surface area contributed by atoms with E-state index in [1.807, 2.05) is 12.3 Å². The fourth-order valence-electron chi connectivity index (χ4n) is 1.77. The van der Waals surface area contributed by atoms with Crippen LogP contribution in [0.4, 0.5) is 0 Å². The first-order chi connectivity index (χ1) is 7.59. The van der Waals surface area contributed by atoms with Crippen molar-refractivity contribution in [3.63, 3.8) is 0 Å². The van der Waals surface area contributed by atoms with Crippen molar-refractivity contribution in [1.29, 1.82) is 0 Å². The lowest BCUT2D eigenvalue weighted by Gasteiger charge is -2.29. The molecule has 16 heavy (non-hydrogen) atoms. The highest BCUT2D eigenvalue weighted by atomic mass is 16.2. The average Bonchev–Trinajstić information content (AvgIpc) is 2.65. The molecule has 1 aliphatic heterocycles. The second-order valence-electron chi connectivity index (χ2n) is 5.04. The second-order valence-corrected chi connectivity index (χ2v) is 5.04. The fourth-order valence-corrected chi connectivity index (χ4v) is 1.77. The molecule has 1 amide bonds. The van der Waals surface area contributed by atoms with Gasteiger partial charge in [-0.15, -0.1) is 0 Å². The Labute approximate surface area is 95.8 Å². The summed E-state index contributed by atoms with van der Waals surface area (Å²) in [5.74, 6) is 0.331. The van der Waals surface area contributed by atoms with E-state index in [9.17, 15) is 4.79 Å². The van der Waals surface area contributed by atoms with Crippen molar-refractivity contribution < 1.29 is 4.79 Å². The van der Waals surface area contributed by atoms with E-state index in [1.165, 1.54) is 0 Å². The van der Waals surface area contributed by atoms with Gasteiger partial charge < -0.3 is 15.6 Å². The highest BCUT2D eigenvalue weighted by molar-refractivity contribution is 5.80. The maximum absolute atomic E-state index is 11.7. The first-order valence-corrected chi connectivity index (χ1v) is 5.72. The van der Waals surface area contributed by atoms with Gasteiger partial charge in [-0.2, -0.15) is 0 Å². The van der Waals surface area contributed by atoms with Gasteiger partial charge in [-0.05, 0) is 12.1 Å². The van der Waals surface area contributed by atoms with Crippen LogP contribution in [-0.4, -0.2) is 30.5 Å². The average molecular weight is 221 g/mol. The fraction of sp³-hybridized carbons (Fsp3) is 0.583. The number of carbonyl (C=O) groups is 1. The lowest BCUT2D eigenvalue weighted by molar-refractivity contribution is -0.126. The quantitative estimate of drug-likeness (QED) is 0.698. The summed E-state index contributed by atoms with van der Waals surface area (Å²) in [6.07, 6.45) is 1.91. The number of amides is 1. The summed E-state index contributed by atoms with van der Waals surface area (Å²) in [6.45, 7) is 6.54. The number of aromatic amines is 1.